The molecule has 0 radical (unpaired) electrons. The number of aliphatic hydroxyl groups is 2. The van der Waals surface area contributed by atoms with Gasteiger partial charge in [0.1, 0.15) is 0 Å². The quantitative estimate of drug-likeness (QED) is 0.159. The van der Waals surface area contributed by atoms with Gasteiger partial charge in [-0.3, -0.25) is 0 Å². The van der Waals surface area contributed by atoms with E-state index in [2.05, 4.69) is 47.9 Å². The van der Waals surface area contributed by atoms with Crippen LogP contribution in [0.1, 0.15) is 33.4 Å². The summed E-state index contributed by atoms with van der Waals surface area (Å²) in [6.45, 7) is 0. The minimum Gasteiger partial charge on any atom is -0.369 e. The lowest BCUT2D eigenvalue weighted by Gasteiger charge is -2.23. The Labute approximate surface area is 269 Å². The summed E-state index contributed by atoms with van der Waals surface area (Å²) in [6, 6.07) is 54.6. The predicted molar refractivity (Wildman–Crippen MR) is 187 cm³/mol. The molecule has 218 valence electrons. The van der Waals surface area contributed by atoms with Gasteiger partial charge in [-0.15, -0.1) is 0 Å². The van der Waals surface area contributed by atoms with Crippen LogP contribution in [0.3, 0.4) is 0 Å². The lowest BCUT2D eigenvalue weighted by Crippen LogP contribution is -2.25. The van der Waals surface area contributed by atoms with Crippen molar-refractivity contribution in [1.82, 2.24) is 0 Å². The van der Waals surface area contributed by atoms with Gasteiger partial charge in [0, 0.05) is 33.4 Å². The molecule has 0 heterocycles. The SMILES string of the molecule is OC(C#Cc1cccc2cc3c(C#CC(O)(c4ccccc4)c4ccccc4)cccc3cc12)(c1ccccc1)c1ccccc1. The summed E-state index contributed by atoms with van der Waals surface area (Å²) in [4.78, 5) is 0. The van der Waals surface area contributed by atoms with Crippen molar-refractivity contribution in [3.05, 3.63) is 203 Å². The van der Waals surface area contributed by atoms with E-state index in [4.69, 9.17) is 0 Å². The predicted octanol–water partition coefficient (Wildman–Crippen LogP) is 8.57. The highest BCUT2D eigenvalue weighted by Crippen LogP contribution is 2.32. The Kier molecular flexibility index (Phi) is 7.67. The highest BCUT2D eigenvalue weighted by Gasteiger charge is 2.30. The van der Waals surface area contributed by atoms with Crippen LogP contribution in [-0.4, -0.2) is 10.2 Å². The van der Waals surface area contributed by atoms with Crippen LogP contribution in [-0.2, 0) is 11.2 Å². The molecule has 7 rings (SSSR count). The topological polar surface area (TPSA) is 40.5 Å². The van der Waals surface area contributed by atoms with Crippen molar-refractivity contribution < 1.29 is 10.2 Å². The van der Waals surface area contributed by atoms with Gasteiger partial charge in [0.05, 0.1) is 0 Å². The van der Waals surface area contributed by atoms with E-state index in [0.29, 0.717) is 22.3 Å². The molecule has 2 heteroatoms. The van der Waals surface area contributed by atoms with E-state index in [1.165, 1.54) is 0 Å². The average molecular weight is 591 g/mol. The Balaban J connectivity index is 1.34. The second kappa shape index (κ2) is 12.2. The third-order valence-electron chi connectivity index (χ3n) is 8.40. The normalized spacial score (nSPS) is 11.3. The molecular formula is C44H30O2. The molecule has 0 spiro atoms. The molecule has 0 bridgehead atoms. The molecule has 0 aliphatic heterocycles. The van der Waals surface area contributed by atoms with Gasteiger partial charge in [0.2, 0.25) is 0 Å². The van der Waals surface area contributed by atoms with E-state index in [1.54, 1.807) is 0 Å². The maximum Gasteiger partial charge on any atom is 0.177 e. The molecule has 0 fully saturated rings. The molecule has 0 aliphatic rings. The van der Waals surface area contributed by atoms with Gasteiger partial charge in [-0.05, 0) is 45.8 Å². The van der Waals surface area contributed by atoms with Crippen molar-refractivity contribution in [3.8, 4) is 23.7 Å². The van der Waals surface area contributed by atoms with Crippen LogP contribution < -0.4 is 0 Å². The van der Waals surface area contributed by atoms with Crippen LogP contribution in [0.15, 0.2) is 170 Å². The molecule has 0 aliphatic carbocycles. The standard InChI is InChI=1S/C44H30O2/c45-43(37-19-5-1-6-20-37,38-21-7-2-8-22-38)29-27-33-15-13-17-35-32-42-34(16-14-18-36(42)31-41(33)35)28-30-44(46,39-23-9-3-10-24-39)40-25-11-4-12-26-40/h1-26,31-32,45-46H. The molecule has 7 aromatic carbocycles. The fraction of sp³-hybridized carbons (Fsp3) is 0.0455. The number of rotatable bonds is 4. The van der Waals surface area contributed by atoms with Crippen LogP contribution in [0, 0.1) is 23.7 Å². The number of hydrogen-bond acceptors (Lipinski definition) is 2. The fourth-order valence-electron chi connectivity index (χ4n) is 5.92. The van der Waals surface area contributed by atoms with Gasteiger partial charge in [0.25, 0.3) is 0 Å². The molecule has 0 saturated heterocycles. The van der Waals surface area contributed by atoms with Gasteiger partial charge in [-0.2, -0.15) is 0 Å². The third-order valence-corrected chi connectivity index (χ3v) is 8.40. The van der Waals surface area contributed by atoms with Crippen molar-refractivity contribution in [2.24, 2.45) is 0 Å². The van der Waals surface area contributed by atoms with Crippen LogP contribution in [0.2, 0.25) is 0 Å². The van der Waals surface area contributed by atoms with E-state index in [0.717, 1.165) is 32.7 Å². The Bertz CT molecular complexity index is 2020. The van der Waals surface area contributed by atoms with E-state index >= 15 is 0 Å². The Morgan fingerprint density at radius 3 is 0.957 bits per heavy atom. The van der Waals surface area contributed by atoms with Crippen molar-refractivity contribution in [2.75, 3.05) is 0 Å². The molecule has 0 aromatic heterocycles. The summed E-state index contributed by atoms with van der Waals surface area (Å²) in [6.07, 6.45) is 0. The Morgan fingerprint density at radius 2 is 0.652 bits per heavy atom. The zero-order valence-electron chi connectivity index (χ0n) is 25.1. The number of benzene rings is 7. The first-order chi connectivity index (χ1) is 22.5. The van der Waals surface area contributed by atoms with Crippen molar-refractivity contribution in [1.29, 1.82) is 0 Å². The molecule has 7 aromatic rings. The van der Waals surface area contributed by atoms with Crippen LogP contribution in [0.5, 0.6) is 0 Å². The number of fused-ring (bicyclic) bond motifs is 2. The van der Waals surface area contributed by atoms with Gasteiger partial charge in [-0.1, -0.05) is 169 Å². The highest BCUT2D eigenvalue weighted by atomic mass is 16.3. The highest BCUT2D eigenvalue weighted by molar-refractivity contribution is 6.02. The first-order valence-electron chi connectivity index (χ1n) is 15.2. The smallest absolute Gasteiger partial charge is 0.177 e. The summed E-state index contributed by atoms with van der Waals surface area (Å²) >= 11 is 0. The van der Waals surface area contributed by atoms with Crippen molar-refractivity contribution >= 4 is 21.5 Å². The monoisotopic (exact) mass is 590 g/mol. The summed E-state index contributed by atoms with van der Waals surface area (Å²) in [5.74, 6) is 13.1. The lowest BCUT2D eigenvalue weighted by molar-refractivity contribution is 0.145. The van der Waals surface area contributed by atoms with Crippen LogP contribution >= 0.6 is 0 Å². The Hall–Kier alpha value is -5.90. The summed E-state index contributed by atoms with van der Waals surface area (Å²) in [5, 5.41) is 27.9. The van der Waals surface area contributed by atoms with Gasteiger partial charge < -0.3 is 10.2 Å². The van der Waals surface area contributed by atoms with Crippen molar-refractivity contribution in [3.63, 3.8) is 0 Å². The molecule has 0 amide bonds. The minimum absolute atomic E-state index is 0.716. The summed E-state index contributed by atoms with van der Waals surface area (Å²) < 4.78 is 0. The average Bonchev–Trinajstić information content (AvgIpc) is 3.13. The van der Waals surface area contributed by atoms with Crippen LogP contribution in [0.4, 0.5) is 0 Å². The molecular weight excluding hydrogens is 560 g/mol. The summed E-state index contributed by atoms with van der Waals surface area (Å²) in [5.41, 5.74) is 1.56. The van der Waals surface area contributed by atoms with Gasteiger partial charge in [-0.25, -0.2) is 0 Å². The van der Waals surface area contributed by atoms with E-state index in [-0.39, 0.29) is 0 Å². The van der Waals surface area contributed by atoms with E-state index in [9.17, 15) is 10.2 Å². The third kappa shape index (κ3) is 5.45. The molecule has 2 nitrogen and oxygen atoms in total. The largest absolute Gasteiger partial charge is 0.369 e. The summed E-state index contributed by atoms with van der Waals surface area (Å²) in [7, 11) is 0. The minimum atomic E-state index is -1.47. The molecule has 0 atom stereocenters. The lowest BCUT2D eigenvalue weighted by atomic mass is 9.86. The zero-order valence-corrected chi connectivity index (χ0v) is 25.1. The maximum atomic E-state index is 12.0. The van der Waals surface area contributed by atoms with E-state index < -0.39 is 11.2 Å². The van der Waals surface area contributed by atoms with Gasteiger partial charge in [0.15, 0.2) is 11.2 Å². The molecule has 2 N–H and O–H groups in total. The van der Waals surface area contributed by atoms with E-state index in [1.807, 2.05) is 146 Å². The Morgan fingerprint density at radius 1 is 0.348 bits per heavy atom. The zero-order chi connectivity index (χ0) is 31.4. The van der Waals surface area contributed by atoms with Gasteiger partial charge >= 0.3 is 0 Å². The second-order valence-corrected chi connectivity index (χ2v) is 11.3. The first-order valence-corrected chi connectivity index (χ1v) is 15.2. The van der Waals surface area contributed by atoms with Crippen LogP contribution in [0.25, 0.3) is 21.5 Å². The first kappa shape index (κ1) is 28.8. The molecule has 46 heavy (non-hydrogen) atoms. The maximum absolute atomic E-state index is 12.0. The molecule has 0 saturated carbocycles. The second-order valence-electron chi connectivity index (χ2n) is 11.3. The van der Waals surface area contributed by atoms with Crippen molar-refractivity contribution in [2.45, 2.75) is 11.2 Å². The fourth-order valence-corrected chi connectivity index (χ4v) is 5.92. The molecule has 0 unspecified atom stereocenters. The number of hydrogen-bond donors (Lipinski definition) is 2.